The Morgan fingerprint density at radius 2 is 2.03 bits per heavy atom. The van der Waals surface area contributed by atoms with Crippen LogP contribution in [0.2, 0.25) is 0 Å². The van der Waals surface area contributed by atoms with Crippen molar-refractivity contribution in [3.05, 3.63) is 47.5 Å². The Bertz CT molecular complexity index is 1090. The zero-order valence-electron chi connectivity index (χ0n) is 18.6. The Balaban J connectivity index is 1.68. The van der Waals surface area contributed by atoms with E-state index in [-0.39, 0.29) is 19.3 Å². The largest absolute Gasteiger partial charge is 0.493 e. The van der Waals surface area contributed by atoms with Crippen molar-refractivity contribution in [2.24, 2.45) is 11.0 Å². The predicted octanol–water partition coefficient (Wildman–Crippen LogP) is 2.34. The number of para-hydroxylation sites is 1. The van der Waals surface area contributed by atoms with Gasteiger partial charge >= 0.3 is 0 Å². The second-order valence-electron chi connectivity index (χ2n) is 7.37. The number of ether oxygens (including phenoxy) is 4. The van der Waals surface area contributed by atoms with E-state index in [2.05, 4.69) is 21.8 Å². The molecule has 0 radical (unpaired) electrons. The molecular weight excluding hydrogens is 426 g/mol. The molecule has 1 aliphatic heterocycles. The number of fused-ring (bicyclic) bond motifs is 1. The highest BCUT2D eigenvalue weighted by Crippen LogP contribution is 2.32. The van der Waals surface area contributed by atoms with Gasteiger partial charge in [-0.25, -0.2) is 5.43 Å². The molecule has 172 valence electrons. The van der Waals surface area contributed by atoms with Gasteiger partial charge in [0.05, 0.1) is 13.3 Å². The van der Waals surface area contributed by atoms with Gasteiger partial charge in [0, 0.05) is 11.1 Å². The van der Waals surface area contributed by atoms with Crippen molar-refractivity contribution >= 4 is 18.0 Å². The fourth-order valence-corrected chi connectivity index (χ4v) is 3.10. The third kappa shape index (κ3) is 5.74. The van der Waals surface area contributed by atoms with Crippen LogP contribution in [0, 0.1) is 18.3 Å². The van der Waals surface area contributed by atoms with Crippen LogP contribution in [0.1, 0.15) is 29.8 Å². The van der Waals surface area contributed by atoms with Crippen LogP contribution in [-0.4, -0.2) is 44.6 Å². The molecule has 0 aliphatic carbocycles. The van der Waals surface area contributed by atoms with Crippen LogP contribution in [0.4, 0.5) is 0 Å². The monoisotopic (exact) mass is 451 g/mol. The number of nitrogens with one attached hydrogen (secondary N) is 2. The minimum Gasteiger partial charge on any atom is -0.493 e. The van der Waals surface area contributed by atoms with Gasteiger partial charge in [-0.3, -0.25) is 9.59 Å². The summed E-state index contributed by atoms with van der Waals surface area (Å²) in [5.74, 6) is 3.27. The minimum absolute atomic E-state index is 0.0505. The van der Waals surface area contributed by atoms with E-state index in [0.29, 0.717) is 34.1 Å². The Morgan fingerprint density at radius 1 is 1.24 bits per heavy atom. The highest BCUT2D eigenvalue weighted by atomic mass is 16.7. The van der Waals surface area contributed by atoms with Crippen molar-refractivity contribution < 1.29 is 28.5 Å². The van der Waals surface area contributed by atoms with Gasteiger partial charge in [-0.15, -0.1) is 6.42 Å². The Morgan fingerprint density at radius 3 is 2.76 bits per heavy atom. The maximum absolute atomic E-state index is 12.7. The predicted molar refractivity (Wildman–Crippen MR) is 122 cm³/mol. The van der Waals surface area contributed by atoms with Crippen LogP contribution in [0.15, 0.2) is 41.5 Å². The fourth-order valence-electron chi connectivity index (χ4n) is 3.10. The average Bonchev–Trinajstić information content (AvgIpc) is 3.28. The van der Waals surface area contributed by atoms with Gasteiger partial charge in [0.2, 0.25) is 6.79 Å². The summed E-state index contributed by atoms with van der Waals surface area (Å²) in [7, 11) is 1.51. The molecule has 9 nitrogen and oxygen atoms in total. The average molecular weight is 451 g/mol. The molecule has 0 spiro atoms. The van der Waals surface area contributed by atoms with Gasteiger partial charge in [0.15, 0.2) is 23.0 Å². The summed E-state index contributed by atoms with van der Waals surface area (Å²) in [6.45, 7) is 3.80. The van der Waals surface area contributed by atoms with Crippen LogP contribution in [-0.2, 0) is 4.79 Å². The molecule has 1 heterocycles. The maximum Gasteiger partial charge on any atom is 0.262 e. The molecule has 2 N–H and O–H groups in total. The number of hydrogen-bond donors (Lipinski definition) is 2. The minimum atomic E-state index is -0.817. The van der Waals surface area contributed by atoms with E-state index in [1.54, 1.807) is 36.4 Å². The molecule has 1 unspecified atom stereocenters. The standard InChI is InChI=1S/C24H25N3O6/c1-5-11-31-22-17(7-6-8-19(22)30-4)13-25-27-24(29)21(15(2)3)26-23(28)16-9-10-18-20(12-16)33-14-32-18/h1,6-10,12-13,15,21H,11,14H2,2-4H3,(H,26,28)(H,27,29)/b25-13+. The summed E-state index contributed by atoms with van der Waals surface area (Å²) >= 11 is 0. The van der Waals surface area contributed by atoms with Crippen molar-refractivity contribution in [1.29, 1.82) is 0 Å². The number of hydrazone groups is 1. The number of terminal acetylenes is 1. The molecule has 0 aromatic heterocycles. The molecule has 2 aromatic carbocycles. The van der Waals surface area contributed by atoms with E-state index in [1.807, 2.05) is 13.8 Å². The normalized spacial score (nSPS) is 12.8. The Labute approximate surface area is 192 Å². The number of nitrogens with zero attached hydrogens (tertiary/aromatic N) is 1. The van der Waals surface area contributed by atoms with Crippen LogP contribution in [0.5, 0.6) is 23.0 Å². The van der Waals surface area contributed by atoms with Gasteiger partial charge in [0.1, 0.15) is 12.6 Å². The summed E-state index contributed by atoms with van der Waals surface area (Å²) in [4.78, 5) is 25.4. The summed E-state index contributed by atoms with van der Waals surface area (Å²) < 4.78 is 21.4. The molecule has 2 amide bonds. The lowest BCUT2D eigenvalue weighted by Gasteiger charge is -2.20. The molecule has 0 saturated carbocycles. The number of rotatable bonds is 9. The zero-order chi connectivity index (χ0) is 23.8. The van der Waals surface area contributed by atoms with E-state index in [1.165, 1.54) is 13.3 Å². The fraction of sp³-hybridized carbons (Fsp3) is 0.292. The highest BCUT2D eigenvalue weighted by molar-refractivity contribution is 5.98. The third-order valence-electron chi connectivity index (χ3n) is 4.78. The van der Waals surface area contributed by atoms with E-state index < -0.39 is 17.9 Å². The quantitative estimate of drug-likeness (QED) is 0.344. The van der Waals surface area contributed by atoms with Crippen molar-refractivity contribution in [3.63, 3.8) is 0 Å². The number of hydrogen-bond acceptors (Lipinski definition) is 7. The molecule has 1 atom stereocenters. The molecule has 9 heteroatoms. The van der Waals surface area contributed by atoms with Gasteiger partial charge in [-0.1, -0.05) is 25.8 Å². The molecule has 2 aromatic rings. The highest BCUT2D eigenvalue weighted by Gasteiger charge is 2.25. The molecule has 1 aliphatic rings. The maximum atomic E-state index is 12.7. The zero-order valence-corrected chi connectivity index (χ0v) is 18.6. The summed E-state index contributed by atoms with van der Waals surface area (Å²) in [5, 5.41) is 6.76. The van der Waals surface area contributed by atoms with Gasteiger partial charge in [-0.05, 0) is 36.2 Å². The van der Waals surface area contributed by atoms with Crippen molar-refractivity contribution in [1.82, 2.24) is 10.7 Å². The van der Waals surface area contributed by atoms with E-state index >= 15 is 0 Å². The van der Waals surface area contributed by atoms with E-state index in [0.717, 1.165) is 0 Å². The number of amides is 2. The van der Waals surface area contributed by atoms with Crippen LogP contribution < -0.4 is 29.7 Å². The third-order valence-corrected chi connectivity index (χ3v) is 4.78. The second-order valence-corrected chi connectivity index (χ2v) is 7.37. The summed E-state index contributed by atoms with van der Waals surface area (Å²) in [6.07, 6.45) is 6.69. The Hall–Kier alpha value is -4.19. The van der Waals surface area contributed by atoms with Crippen molar-refractivity contribution in [3.8, 4) is 35.3 Å². The van der Waals surface area contributed by atoms with Crippen molar-refractivity contribution in [2.45, 2.75) is 19.9 Å². The lowest BCUT2D eigenvalue weighted by atomic mass is 10.0. The lowest BCUT2D eigenvalue weighted by molar-refractivity contribution is -0.123. The molecule has 0 fully saturated rings. The van der Waals surface area contributed by atoms with E-state index in [9.17, 15) is 9.59 Å². The van der Waals surface area contributed by atoms with Gasteiger partial charge < -0.3 is 24.3 Å². The SMILES string of the molecule is C#CCOc1c(/C=N/NC(=O)C(NC(=O)c2ccc3c(c2)OCO3)C(C)C)cccc1OC. The van der Waals surface area contributed by atoms with Crippen LogP contribution in [0.25, 0.3) is 0 Å². The van der Waals surface area contributed by atoms with Crippen molar-refractivity contribution in [2.75, 3.05) is 20.5 Å². The first kappa shape index (κ1) is 23.5. The topological polar surface area (TPSA) is 107 Å². The number of carbonyl (C=O) groups excluding carboxylic acids is 2. The molecule has 0 bridgehead atoms. The summed E-state index contributed by atoms with van der Waals surface area (Å²) in [6, 6.07) is 9.24. The van der Waals surface area contributed by atoms with E-state index in [4.69, 9.17) is 25.4 Å². The molecule has 33 heavy (non-hydrogen) atoms. The van der Waals surface area contributed by atoms with Crippen LogP contribution >= 0.6 is 0 Å². The smallest absolute Gasteiger partial charge is 0.262 e. The lowest BCUT2D eigenvalue weighted by Crippen LogP contribution is -2.48. The second kappa shape index (κ2) is 10.9. The number of methoxy groups -OCH3 is 1. The van der Waals surface area contributed by atoms with Crippen LogP contribution in [0.3, 0.4) is 0 Å². The summed E-state index contributed by atoms with van der Waals surface area (Å²) in [5.41, 5.74) is 3.39. The van der Waals surface area contributed by atoms with Gasteiger partial charge in [0.25, 0.3) is 11.8 Å². The Kier molecular flexibility index (Phi) is 7.76. The first-order valence-corrected chi connectivity index (χ1v) is 10.2. The number of carbonyl (C=O) groups is 2. The number of benzene rings is 2. The molecule has 0 saturated heterocycles. The molecule has 3 rings (SSSR count). The first-order chi connectivity index (χ1) is 15.9. The van der Waals surface area contributed by atoms with Gasteiger partial charge in [-0.2, -0.15) is 5.10 Å². The molecular formula is C24H25N3O6. The first-order valence-electron chi connectivity index (χ1n) is 10.2.